The Balaban J connectivity index is 1.55. The molecule has 4 rings (SSSR count). The fraction of sp³-hybridized carbons (Fsp3) is 0.167. The molecule has 0 amide bonds. The van der Waals surface area contributed by atoms with Crippen LogP contribution in [0.1, 0.15) is 18.2 Å². The minimum Gasteiger partial charge on any atom is -0.377 e. The molecule has 4 aromatic rings. The van der Waals surface area contributed by atoms with Crippen molar-refractivity contribution >= 4 is 26.5 Å². The first-order valence-electron chi connectivity index (χ1n) is 10.0. The monoisotopic (exact) mass is 445 g/mol. The van der Waals surface area contributed by atoms with Gasteiger partial charge in [-0.1, -0.05) is 35.4 Å². The maximum atomic E-state index is 13.1. The van der Waals surface area contributed by atoms with Gasteiger partial charge in [-0.3, -0.25) is 0 Å². The van der Waals surface area contributed by atoms with Gasteiger partial charge in [-0.15, -0.1) is 11.0 Å². The van der Waals surface area contributed by atoms with Gasteiger partial charge in [-0.25, -0.2) is 17.8 Å². The molecule has 7 nitrogen and oxygen atoms in total. The van der Waals surface area contributed by atoms with Gasteiger partial charge in [0.2, 0.25) is 10.0 Å². The fourth-order valence-electron chi connectivity index (χ4n) is 3.48. The number of hydrogen-bond acceptors (Lipinski definition) is 5. The highest BCUT2D eigenvalue weighted by Crippen LogP contribution is 2.30. The molecule has 1 aromatic heterocycles. The molecule has 0 spiro atoms. The molecule has 1 heterocycles. The summed E-state index contributed by atoms with van der Waals surface area (Å²) in [6, 6.07) is 18.5. The van der Waals surface area contributed by atoms with E-state index in [0.717, 1.165) is 22.3 Å². The fourth-order valence-corrected chi connectivity index (χ4v) is 4.70. The lowest BCUT2D eigenvalue weighted by Crippen LogP contribution is -2.23. The normalized spacial score (nSPS) is 11.2. The molecule has 0 bridgehead atoms. The largest absolute Gasteiger partial charge is 0.377 e. The van der Waals surface area contributed by atoms with Gasteiger partial charge in [0.15, 0.2) is 0 Å². The second-order valence-corrected chi connectivity index (χ2v) is 9.16. The lowest BCUT2D eigenvalue weighted by atomic mass is 10.1. The van der Waals surface area contributed by atoms with Crippen LogP contribution in [-0.2, 0) is 16.6 Å². The Hall–Kier alpha value is -3.67. The summed E-state index contributed by atoms with van der Waals surface area (Å²) >= 11 is 0. The molecule has 0 radical (unpaired) electrons. The van der Waals surface area contributed by atoms with Crippen LogP contribution in [0.5, 0.6) is 0 Å². The van der Waals surface area contributed by atoms with E-state index in [2.05, 4.69) is 26.9 Å². The Labute approximate surface area is 187 Å². The average Bonchev–Trinajstić information content (AvgIpc) is 3.27. The molecule has 32 heavy (non-hydrogen) atoms. The third-order valence-corrected chi connectivity index (χ3v) is 6.48. The maximum absolute atomic E-state index is 13.1. The van der Waals surface area contributed by atoms with Crippen LogP contribution in [0.15, 0.2) is 71.8 Å². The molecular weight excluding hydrogens is 422 g/mol. The molecule has 0 unspecified atom stereocenters. The Morgan fingerprint density at radius 2 is 1.72 bits per heavy atom. The van der Waals surface area contributed by atoms with Crippen molar-refractivity contribution in [3.8, 4) is 17.5 Å². The van der Waals surface area contributed by atoms with Gasteiger partial charge in [-0.2, -0.15) is 0 Å². The van der Waals surface area contributed by atoms with Crippen LogP contribution in [0.4, 0.5) is 5.69 Å². The van der Waals surface area contributed by atoms with E-state index >= 15 is 0 Å². The Bertz CT molecular complexity index is 1430. The Morgan fingerprint density at radius 1 is 1.00 bits per heavy atom. The number of nitrogens with zero attached hydrogens (tertiary/aromatic N) is 4. The summed E-state index contributed by atoms with van der Waals surface area (Å²) in [5.41, 5.74) is 3.20. The van der Waals surface area contributed by atoms with Gasteiger partial charge in [0.25, 0.3) is 0 Å². The Kier molecular flexibility index (Phi) is 5.95. The van der Waals surface area contributed by atoms with E-state index in [4.69, 9.17) is 0 Å². The smallest absolute Gasteiger partial charge is 0.241 e. The van der Waals surface area contributed by atoms with Crippen molar-refractivity contribution in [1.82, 2.24) is 19.7 Å². The average molecular weight is 446 g/mol. The second-order valence-electron chi connectivity index (χ2n) is 7.42. The Morgan fingerprint density at radius 3 is 2.44 bits per heavy atom. The lowest BCUT2D eigenvalue weighted by molar-refractivity contribution is 0.581. The predicted molar refractivity (Wildman–Crippen MR) is 126 cm³/mol. The summed E-state index contributed by atoms with van der Waals surface area (Å²) in [4.78, 5) is 2.20. The molecule has 0 atom stereocenters. The maximum Gasteiger partial charge on any atom is 0.241 e. The van der Waals surface area contributed by atoms with E-state index < -0.39 is 10.0 Å². The number of hydrogen-bond donors (Lipinski definition) is 1. The third kappa shape index (κ3) is 4.35. The highest BCUT2D eigenvalue weighted by Gasteiger charge is 2.19. The van der Waals surface area contributed by atoms with Crippen molar-refractivity contribution in [2.45, 2.75) is 18.4 Å². The SMILES string of the molecule is CC#Cc1ccc(-n2cc(CNS(=O)(=O)c3cccc4c(N(C)C)cccc34)nn2)cc1. The van der Waals surface area contributed by atoms with Crippen LogP contribution in [0, 0.1) is 11.8 Å². The highest BCUT2D eigenvalue weighted by atomic mass is 32.2. The molecule has 0 aliphatic heterocycles. The van der Waals surface area contributed by atoms with E-state index in [1.165, 1.54) is 0 Å². The van der Waals surface area contributed by atoms with E-state index in [9.17, 15) is 8.42 Å². The van der Waals surface area contributed by atoms with E-state index in [-0.39, 0.29) is 11.4 Å². The number of rotatable bonds is 6. The zero-order chi connectivity index (χ0) is 22.7. The van der Waals surface area contributed by atoms with Gasteiger partial charge in [0.1, 0.15) is 0 Å². The highest BCUT2D eigenvalue weighted by molar-refractivity contribution is 7.89. The minimum absolute atomic E-state index is 0.0332. The number of aromatic nitrogens is 3. The van der Waals surface area contributed by atoms with Gasteiger partial charge < -0.3 is 4.90 Å². The predicted octanol–water partition coefficient (Wildman–Crippen LogP) is 3.34. The first kappa shape index (κ1) is 21.6. The summed E-state index contributed by atoms with van der Waals surface area (Å²) in [5.74, 6) is 5.85. The molecule has 162 valence electrons. The van der Waals surface area contributed by atoms with Gasteiger partial charge in [-0.05, 0) is 43.3 Å². The zero-order valence-electron chi connectivity index (χ0n) is 18.1. The second kappa shape index (κ2) is 8.83. The molecule has 8 heteroatoms. The molecule has 1 N–H and O–H groups in total. The summed E-state index contributed by atoms with van der Waals surface area (Å²) < 4.78 is 30.4. The van der Waals surface area contributed by atoms with Crippen LogP contribution in [0.2, 0.25) is 0 Å². The van der Waals surface area contributed by atoms with Gasteiger partial charge in [0.05, 0.1) is 29.0 Å². The summed E-state index contributed by atoms with van der Waals surface area (Å²) in [5, 5.41) is 9.75. The lowest BCUT2D eigenvalue weighted by Gasteiger charge is -2.17. The van der Waals surface area contributed by atoms with Crippen LogP contribution in [0.3, 0.4) is 0 Å². The molecular formula is C24H23N5O2S. The van der Waals surface area contributed by atoms with E-state index in [0.29, 0.717) is 11.1 Å². The molecule has 3 aromatic carbocycles. The number of anilines is 1. The van der Waals surface area contributed by atoms with Crippen molar-refractivity contribution in [2.24, 2.45) is 0 Å². The van der Waals surface area contributed by atoms with Crippen LogP contribution in [-0.4, -0.2) is 37.5 Å². The molecule has 0 saturated carbocycles. The van der Waals surface area contributed by atoms with Crippen LogP contribution < -0.4 is 9.62 Å². The topological polar surface area (TPSA) is 80.1 Å². The third-order valence-electron chi connectivity index (χ3n) is 5.02. The molecule has 0 saturated heterocycles. The number of fused-ring (bicyclic) bond motifs is 1. The standard InChI is InChI=1S/C24H23N5O2S/c1-4-7-18-12-14-20(15-13-18)29-17-19(26-27-29)16-25-32(30,31)24-11-6-8-21-22(24)9-5-10-23(21)28(2)3/h5-6,8-15,17,25H,16H2,1-3H3. The zero-order valence-corrected chi connectivity index (χ0v) is 18.9. The van der Waals surface area contributed by atoms with Crippen molar-refractivity contribution in [3.05, 3.63) is 78.1 Å². The van der Waals surface area contributed by atoms with Crippen molar-refractivity contribution in [1.29, 1.82) is 0 Å². The van der Waals surface area contributed by atoms with Crippen molar-refractivity contribution in [2.75, 3.05) is 19.0 Å². The van der Waals surface area contributed by atoms with Crippen molar-refractivity contribution in [3.63, 3.8) is 0 Å². The van der Waals surface area contributed by atoms with Crippen LogP contribution >= 0.6 is 0 Å². The van der Waals surface area contributed by atoms with E-state index in [1.807, 2.05) is 67.5 Å². The van der Waals surface area contributed by atoms with Crippen LogP contribution in [0.25, 0.3) is 16.5 Å². The van der Waals surface area contributed by atoms with Crippen molar-refractivity contribution < 1.29 is 8.42 Å². The quantitative estimate of drug-likeness (QED) is 0.461. The minimum atomic E-state index is -3.76. The van der Waals surface area contributed by atoms with Gasteiger partial charge >= 0.3 is 0 Å². The molecule has 0 aliphatic rings. The number of nitrogens with one attached hydrogen (secondary N) is 1. The van der Waals surface area contributed by atoms with E-state index in [1.54, 1.807) is 29.9 Å². The molecule has 0 aliphatic carbocycles. The first-order chi connectivity index (χ1) is 15.4. The molecule has 0 fully saturated rings. The summed E-state index contributed by atoms with van der Waals surface area (Å²) in [6.07, 6.45) is 1.70. The summed E-state index contributed by atoms with van der Waals surface area (Å²) in [7, 11) is 0.110. The van der Waals surface area contributed by atoms with Gasteiger partial charge in [0, 0.05) is 36.1 Å². The number of sulfonamides is 1. The summed E-state index contributed by atoms with van der Waals surface area (Å²) in [6.45, 7) is 1.82. The number of benzene rings is 3. The first-order valence-corrected chi connectivity index (χ1v) is 11.5.